The summed E-state index contributed by atoms with van der Waals surface area (Å²) in [5.41, 5.74) is 0. The standard InChI is InChI=1S/C12H15BrN4O/c1-8-4-5-9(18-8)6-17(3)12-10(13)11(14-2)15-7-16-12/h4-5,7H,6H2,1-3H3,(H,14,15,16). The highest BCUT2D eigenvalue weighted by atomic mass is 79.9. The highest BCUT2D eigenvalue weighted by Gasteiger charge is 2.13. The van der Waals surface area contributed by atoms with E-state index in [1.807, 2.05) is 38.1 Å². The maximum atomic E-state index is 5.56. The summed E-state index contributed by atoms with van der Waals surface area (Å²) in [6.45, 7) is 2.59. The van der Waals surface area contributed by atoms with Gasteiger partial charge in [0.1, 0.15) is 34.0 Å². The Morgan fingerprint density at radius 1 is 1.39 bits per heavy atom. The molecule has 0 fully saturated rings. The number of hydrogen-bond acceptors (Lipinski definition) is 5. The van der Waals surface area contributed by atoms with E-state index in [0.717, 1.165) is 27.6 Å². The predicted molar refractivity (Wildman–Crippen MR) is 74.8 cm³/mol. The largest absolute Gasteiger partial charge is 0.464 e. The number of furan rings is 1. The van der Waals surface area contributed by atoms with Crippen molar-refractivity contribution in [3.8, 4) is 0 Å². The Kier molecular flexibility index (Phi) is 3.86. The van der Waals surface area contributed by atoms with E-state index in [4.69, 9.17) is 4.42 Å². The number of anilines is 2. The molecule has 0 amide bonds. The molecular formula is C12H15BrN4O. The Bertz CT molecular complexity index is 541. The first kappa shape index (κ1) is 12.9. The van der Waals surface area contributed by atoms with Crippen LogP contribution in [-0.4, -0.2) is 24.1 Å². The van der Waals surface area contributed by atoms with Gasteiger partial charge in [-0.1, -0.05) is 0 Å². The number of aromatic nitrogens is 2. The van der Waals surface area contributed by atoms with Gasteiger partial charge in [0.05, 0.1) is 6.54 Å². The minimum absolute atomic E-state index is 0.659. The summed E-state index contributed by atoms with van der Waals surface area (Å²) in [5.74, 6) is 3.41. The second-order valence-corrected chi connectivity index (χ2v) is 4.77. The fraction of sp³-hybridized carbons (Fsp3) is 0.333. The lowest BCUT2D eigenvalue weighted by Crippen LogP contribution is -2.18. The zero-order valence-corrected chi connectivity index (χ0v) is 12.2. The Morgan fingerprint density at radius 3 is 2.78 bits per heavy atom. The molecule has 18 heavy (non-hydrogen) atoms. The van der Waals surface area contributed by atoms with Crippen molar-refractivity contribution < 1.29 is 4.42 Å². The lowest BCUT2D eigenvalue weighted by atomic mass is 10.4. The van der Waals surface area contributed by atoms with Crippen molar-refractivity contribution in [1.82, 2.24) is 9.97 Å². The summed E-state index contributed by atoms with van der Waals surface area (Å²) >= 11 is 3.50. The number of rotatable bonds is 4. The third-order valence-electron chi connectivity index (χ3n) is 2.56. The minimum Gasteiger partial charge on any atom is -0.464 e. The smallest absolute Gasteiger partial charge is 0.148 e. The van der Waals surface area contributed by atoms with Crippen LogP contribution in [0.1, 0.15) is 11.5 Å². The van der Waals surface area contributed by atoms with Crippen LogP contribution < -0.4 is 10.2 Å². The van der Waals surface area contributed by atoms with Crippen molar-refractivity contribution in [3.05, 3.63) is 34.5 Å². The molecule has 2 aromatic rings. The van der Waals surface area contributed by atoms with E-state index >= 15 is 0 Å². The van der Waals surface area contributed by atoms with Crippen LogP contribution in [-0.2, 0) is 6.54 Å². The molecule has 0 aromatic carbocycles. The predicted octanol–water partition coefficient (Wildman–Crippen LogP) is 2.82. The molecule has 2 heterocycles. The van der Waals surface area contributed by atoms with Crippen molar-refractivity contribution >= 4 is 27.6 Å². The van der Waals surface area contributed by atoms with Crippen LogP contribution >= 0.6 is 15.9 Å². The van der Waals surface area contributed by atoms with Crippen LogP contribution in [0.25, 0.3) is 0 Å². The number of halogens is 1. The van der Waals surface area contributed by atoms with Gasteiger partial charge in [0, 0.05) is 14.1 Å². The molecule has 0 radical (unpaired) electrons. The van der Waals surface area contributed by atoms with Crippen LogP contribution in [0, 0.1) is 6.92 Å². The average molecular weight is 311 g/mol. The maximum absolute atomic E-state index is 5.56. The summed E-state index contributed by atoms with van der Waals surface area (Å²) < 4.78 is 6.40. The van der Waals surface area contributed by atoms with Crippen LogP contribution in [0.5, 0.6) is 0 Å². The molecule has 0 bridgehead atoms. The summed E-state index contributed by atoms with van der Waals surface area (Å²) in [6.07, 6.45) is 1.54. The molecule has 0 aliphatic carbocycles. The van der Waals surface area contributed by atoms with E-state index in [-0.39, 0.29) is 0 Å². The van der Waals surface area contributed by atoms with E-state index in [1.54, 1.807) is 0 Å². The number of nitrogens with zero attached hydrogens (tertiary/aromatic N) is 3. The first-order chi connectivity index (χ1) is 8.61. The maximum Gasteiger partial charge on any atom is 0.148 e. The quantitative estimate of drug-likeness (QED) is 0.941. The van der Waals surface area contributed by atoms with Gasteiger partial charge in [0.25, 0.3) is 0 Å². The molecule has 0 unspecified atom stereocenters. The molecule has 0 aliphatic heterocycles. The number of nitrogens with one attached hydrogen (secondary N) is 1. The Labute approximate surface area is 114 Å². The zero-order valence-electron chi connectivity index (χ0n) is 10.6. The van der Waals surface area contributed by atoms with Crippen LogP contribution in [0.4, 0.5) is 11.6 Å². The third-order valence-corrected chi connectivity index (χ3v) is 3.29. The van der Waals surface area contributed by atoms with E-state index in [2.05, 4.69) is 31.2 Å². The molecule has 2 rings (SSSR count). The van der Waals surface area contributed by atoms with Crippen LogP contribution in [0.15, 0.2) is 27.3 Å². The van der Waals surface area contributed by atoms with Gasteiger partial charge >= 0.3 is 0 Å². The van der Waals surface area contributed by atoms with Gasteiger partial charge < -0.3 is 14.6 Å². The lowest BCUT2D eigenvalue weighted by Gasteiger charge is -2.18. The van der Waals surface area contributed by atoms with Crippen molar-refractivity contribution in [3.63, 3.8) is 0 Å². The van der Waals surface area contributed by atoms with Crippen molar-refractivity contribution in [2.45, 2.75) is 13.5 Å². The normalized spacial score (nSPS) is 10.4. The first-order valence-corrected chi connectivity index (χ1v) is 6.36. The molecule has 0 spiro atoms. The topological polar surface area (TPSA) is 54.2 Å². The van der Waals surface area contributed by atoms with E-state index in [1.165, 1.54) is 6.33 Å². The van der Waals surface area contributed by atoms with E-state index in [9.17, 15) is 0 Å². The second-order valence-electron chi connectivity index (χ2n) is 3.98. The fourth-order valence-corrected chi connectivity index (χ4v) is 2.39. The summed E-state index contributed by atoms with van der Waals surface area (Å²) in [5, 5.41) is 3.01. The molecule has 0 saturated heterocycles. The summed E-state index contributed by atoms with van der Waals surface area (Å²) in [7, 11) is 3.79. The van der Waals surface area contributed by atoms with Crippen molar-refractivity contribution in [2.24, 2.45) is 0 Å². The molecule has 6 heteroatoms. The SMILES string of the molecule is CNc1ncnc(N(C)Cc2ccc(C)o2)c1Br. The lowest BCUT2D eigenvalue weighted by molar-refractivity contribution is 0.481. The summed E-state index contributed by atoms with van der Waals surface area (Å²) in [4.78, 5) is 10.4. The molecule has 1 N–H and O–H groups in total. The van der Waals surface area contributed by atoms with Crippen molar-refractivity contribution in [2.75, 3.05) is 24.3 Å². The van der Waals surface area contributed by atoms with Gasteiger partial charge in [-0.15, -0.1) is 0 Å². The first-order valence-electron chi connectivity index (χ1n) is 5.56. The van der Waals surface area contributed by atoms with E-state index < -0.39 is 0 Å². The number of hydrogen-bond donors (Lipinski definition) is 1. The second kappa shape index (κ2) is 5.39. The molecule has 0 saturated carbocycles. The Morgan fingerprint density at radius 2 is 2.17 bits per heavy atom. The summed E-state index contributed by atoms with van der Waals surface area (Å²) in [6, 6.07) is 3.93. The van der Waals surface area contributed by atoms with Gasteiger partial charge in [0.2, 0.25) is 0 Å². The van der Waals surface area contributed by atoms with Gasteiger partial charge in [-0.05, 0) is 35.0 Å². The molecule has 0 atom stereocenters. The number of aryl methyl sites for hydroxylation is 1. The Balaban J connectivity index is 2.21. The van der Waals surface area contributed by atoms with Crippen LogP contribution in [0.2, 0.25) is 0 Å². The van der Waals surface area contributed by atoms with Gasteiger partial charge in [0.15, 0.2) is 0 Å². The highest BCUT2D eigenvalue weighted by molar-refractivity contribution is 9.10. The molecule has 5 nitrogen and oxygen atoms in total. The monoisotopic (exact) mass is 310 g/mol. The fourth-order valence-electron chi connectivity index (χ4n) is 1.68. The van der Waals surface area contributed by atoms with Gasteiger partial charge in [-0.2, -0.15) is 0 Å². The van der Waals surface area contributed by atoms with Gasteiger partial charge in [-0.25, -0.2) is 9.97 Å². The molecular weight excluding hydrogens is 296 g/mol. The van der Waals surface area contributed by atoms with Crippen LogP contribution in [0.3, 0.4) is 0 Å². The van der Waals surface area contributed by atoms with E-state index in [0.29, 0.717) is 6.54 Å². The minimum atomic E-state index is 0.659. The molecule has 2 aromatic heterocycles. The van der Waals surface area contributed by atoms with Crippen molar-refractivity contribution in [1.29, 1.82) is 0 Å². The Hall–Kier alpha value is -1.56. The molecule has 0 aliphatic rings. The average Bonchev–Trinajstić information content (AvgIpc) is 2.75. The van der Waals surface area contributed by atoms with Gasteiger partial charge in [-0.3, -0.25) is 0 Å². The molecule has 96 valence electrons. The zero-order chi connectivity index (χ0) is 13.1. The third kappa shape index (κ3) is 2.64. The highest BCUT2D eigenvalue weighted by Crippen LogP contribution is 2.29.